The van der Waals surface area contributed by atoms with Gasteiger partial charge in [-0.15, -0.1) is 0 Å². The third kappa shape index (κ3) is 3.28. The first kappa shape index (κ1) is 21.3. The number of aryl methyl sites for hydroxylation is 1. The van der Waals surface area contributed by atoms with Gasteiger partial charge in [0.2, 0.25) is 0 Å². The highest BCUT2D eigenvalue weighted by atomic mass is 16.5. The quantitative estimate of drug-likeness (QED) is 0.604. The molecule has 3 aromatic carbocycles. The molecule has 0 radical (unpaired) electrons. The van der Waals surface area contributed by atoms with Crippen molar-refractivity contribution in [3.63, 3.8) is 0 Å². The summed E-state index contributed by atoms with van der Waals surface area (Å²) in [5, 5.41) is 12.9. The van der Waals surface area contributed by atoms with Crippen molar-refractivity contribution in [3.8, 4) is 34.1 Å². The molecule has 2 unspecified atom stereocenters. The Morgan fingerprint density at radius 3 is 2.26 bits per heavy atom. The van der Waals surface area contributed by atoms with Gasteiger partial charge < -0.3 is 19.3 Å². The molecule has 0 bridgehead atoms. The number of fused-ring (bicyclic) bond motifs is 2. The predicted molar refractivity (Wildman–Crippen MR) is 125 cm³/mol. The molecule has 5 nitrogen and oxygen atoms in total. The Kier molecular flexibility index (Phi) is 5.48. The third-order valence-electron chi connectivity index (χ3n) is 6.75. The molecule has 0 fully saturated rings. The summed E-state index contributed by atoms with van der Waals surface area (Å²) >= 11 is 0. The fourth-order valence-corrected chi connectivity index (χ4v) is 4.97. The smallest absolute Gasteiger partial charge is 0.130 e. The van der Waals surface area contributed by atoms with Gasteiger partial charge in [-0.2, -0.15) is 0 Å². The lowest BCUT2D eigenvalue weighted by Crippen LogP contribution is -2.38. The minimum atomic E-state index is 0.101. The fourth-order valence-electron chi connectivity index (χ4n) is 4.97. The van der Waals surface area contributed by atoms with E-state index < -0.39 is 0 Å². The van der Waals surface area contributed by atoms with Crippen LogP contribution in [0.2, 0.25) is 0 Å². The van der Waals surface area contributed by atoms with Crippen LogP contribution >= 0.6 is 0 Å². The van der Waals surface area contributed by atoms with Crippen molar-refractivity contribution >= 4 is 10.8 Å². The number of hydrogen-bond acceptors (Lipinski definition) is 5. The molecule has 1 aliphatic heterocycles. The molecule has 1 heterocycles. The van der Waals surface area contributed by atoms with Crippen LogP contribution in [0.3, 0.4) is 0 Å². The van der Waals surface area contributed by atoms with Crippen LogP contribution < -0.4 is 14.2 Å². The Bertz CT molecular complexity index is 1150. The number of likely N-dealkylation sites (N-methyl/N-ethyl adjacent to an activating group) is 1. The molecule has 0 spiro atoms. The molecule has 4 rings (SSSR count). The highest BCUT2D eigenvalue weighted by Crippen LogP contribution is 2.50. The average Bonchev–Trinajstić information content (AvgIpc) is 2.75. The predicted octanol–water partition coefficient (Wildman–Crippen LogP) is 5.48. The van der Waals surface area contributed by atoms with Crippen LogP contribution in [0.25, 0.3) is 21.9 Å². The molecule has 0 aromatic heterocycles. The first-order chi connectivity index (χ1) is 14.8. The Hall–Kier alpha value is -2.92. The fraction of sp³-hybridized carbons (Fsp3) is 0.385. The van der Waals surface area contributed by atoms with E-state index in [4.69, 9.17) is 14.2 Å². The molecule has 164 valence electrons. The maximum atomic E-state index is 10.9. The lowest BCUT2D eigenvalue weighted by molar-refractivity contribution is 0.176. The van der Waals surface area contributed by atoms with E-state index in [1.54, 1.807) is 27.4 Å². The summed E-state index contributed by atoms with van der Waals surface area (Å²) in [5.74, 6) is 2.51. The largest absolute Gasteiger partial charge is 0.507 e. The number of nitrogens with zero attached hydrogens (tertiary/aromatic N) is 1. The number of hydrogen-bond donors (Lipinski definition) is 1. The van der Waals surface area contributed by atoms with Gasteiger partial charge in [-0.25, -0.2) is 0 Å². The Balaban J connectivity index is 2.14. The van der Waals surface area contributed by atoms with E-state index in [0.717, 1.165) is 56.5 Å². The minimum absolute atomic E-state index is 0.101. The van der Waals surface area contributed by atoms with Crippen molar-refractivity contribution in [1.29, 1.82) is 0 Å². The molecule has 0 amide bonds. The molecule has 5 heteroatoms. The van der Waals surface area contributed by atoms with Crippen LogP contribution in [-0.4, -0.2) is 44.4 Å². The minimum Gasteiger partial charge on any atom is -0.507 e. The maximum Gasteiger partial charge on any atom is 0.130 e. The van der Waals surface area contributed by atoms with Crippen molar-refractivity contribution in [2.24, 2.45) is 0 Å². The van der Waals surface area contributed by atoms with Crippen LogP contribution in [0.15, 0.2) is 30.3 Å². The van der Waals surface area contributed by atoms with Gasteiger partial charge in [-0.3, -0.25) is 4.90 Å². The van der Waals surface area contributed by atoms with Crippen molar-refractivity contribution in [3.05, 3.63) is 47.0 Å². The number of phenolic OH excluding ortho intramolecular Hbond substituents is 1. The number of rotatable bonds is 4. The molecule has 3 aromatic rings. The Morgan fingerprint density at radius 1 is 0.935 bits per heavy atom. The number of benzene rings is 3. The van der Waals surface area contributed by atoms with E-state index in [0.29, 0.717) is 11.8 Å². The average molecular weight is 422 g/mol. The lowest BCUT2D eigenvalue weighted by atomic mass is 9.82. The van der Waals surface area contributed by atoms with Gasteiger partial charge in [-0.1, -0.05) is 6.07 Å². The second kappa shape index (κ2) is 7.97. The second-order valence-corrected chi connectivity index (χ2v) is 8.46. The molecular weight excluding hydrogens is 390 g/mol. The zero-order chi connectivity index (χ0) is 22.4. The normalized spacial score (nSPS) is 18.7. The highest BCUT2D eigenvalue weighted by molar-refractivity contribution is 6.05. The van der Waals surface area contributed by atoms with Crippen molar-refractivity contribution in [1.82, 2.24) is 4.90 Å². The van der Waals surface area contributed by atoms with E-state index in [-0.39, 0.29) is 11.8 Å². The standard InChI is InChI=1S/C26H31NO4/c1-14-10-18-17(8-9-21(29-5)26(18)22(11-14)30-6)25-19-12-15(2)27(4)16(3)24(19)20(28)13-23(25)31-7/h8-11,13,15-16,28H,12H2,1-7H3. The zero-order valence-electron chi connectivity index (χ0n) is 19.4. The van der Waals surface area contributed by atoms with Crippen LogP contribution in [-0.2, 0) is 6.42 Å². The van der Waals surface area contributed by atoms with Crippen LogP contribution in [0.5, 0.6) is 23.0 Å². The second-order valence-electron chi connectivity index (χ2n) is 8.46. The number of aromatic hydroxyl groups is 1. The summed E-state index contributed by atoms with van der Waals surface area (Å²) in [5.41, 5.74) is 5.30. The van der Waals surface area contributed by atoms with Gasteiger partial charge in [0.25, 0.3) is 0 Å². The molecule has 0 saturated carbocycles. The van der Waals surface area contributed by atoms with Crippen LogP contribution in [0.1, 0.15) is 36.6 Å². The number of ether oxygens (including phenoxy) is 3. The SMILES string of the molecule is COc1cc(O)c2c(c1-c1ccc(OC)c3c(OC)cc(C)cc13)CC(C)N(C)C2C. The molecule has 0 saturated heterocycles. The topological polar surface area (TPSA) is 51.2 Å². The molecule has 0 aliphatic carbocycles. The summed E-state index contributed by atoms with van der Waals surface area (Å²) in [4.78, 5) is 2.30. The highest BCUT2D eigenvalue weighted by Gasteiger charge is 2.33. The summed E-state index contributed by atoms with van der Waals surface area (Å²) in [6.07, 6.45) is 0.826. The van der Waals surface area contributed by atoms with Gasteiger partial charge in [0.05, 0.1) is 26.7 Å². The third-order valence-corrected chi connectivity index (χ3v) is 6.75. The van der Waals surface area contributed by atoms with Gasteiger partial charge in [-0.05, 0) is 74.5 Å². The van der Waals surface area contributed by atoms with Gasteiger partial charge in [0, 0.05) is 29.3 Å². The van der Waals surface area contributed by atoms with Crippen molar-refractivity contribution < 1.29 is 19.3 Å². The summed E-state index contributed by atoms with van der Waals surface area (Å²) in [6, 6.07) is 10.4. The van der Waals surface area contributed by atoms with E-state index in [2.05, 4.69) is 44.9 Å². The van der Waals surface area contributed by atoms with E-state index in [9.17, 15) is 5.11 Å². The van der Waals surface area contributed by atoms with Gasteiger partial charge >= 0.3 is 0 Å². The van der Waals surface area contributed by atoms with Crippen LogP contribution in [0.4, 0.5) is 0 Å². The van der Waals surface area contributed by atoms with Gasteiger partial charge in [0.1, 0.15) is 23.0 Å². The zero-order valence-corrected chi connectivity index (χ0v) is 19.4. The molecule has 2 atom stereocenters. The number of methoxy groups -OCH3 is 3. The molecule has 1 N–H and O–H groups in total. The van der Waals surface area contributed by atoms with Gasteiger partial charge in [0.15, 0.2) is 0 Å². The summed E-state index contributed by atoms with van der Waals surface area (Å²) < 4.78 is 17.2. The molecule has 31 heavy (non-hydrogen) atoms. The number of phenols is 1. The first-order valence-electron chi connectivity index (χ1n) is 10.6. The summed E-state index contributed by atoms with van der Waals surface area (Å²) in [7, 11) is 7.13. The van der Waals surface area contributed by atoms with E-state index in [1.807, 2.05) is 12.1 Å². The maximum absolute atomic E-state index is 10.9. The van der Waals surface area contributed by atoms with E-state index >= 15 is 0 Å². The lowest BCUT2D eigenvalue weighted by Gasteiger charge is -2.39. The van der Waals surface area contributed by atoms with Crippen LogP contribution in [0, 0.1) is 6.92 Å². The van der Waals surface area contributed by atoms with Crippen molar-refractivity contribution in [2.45, 2.75) is 39.3 Å². The molecular formula is C26H31NO4. The first-order valence-corrected chi connectivity index (χ1v) is 10.6. The Labute approximate surface area is 184 Å². The van der Waals surface area contributed by atoms with E-state index in [1.165, 1.54) is 0 Å². The monoisotopic (exact) mass is 421 g/mol. The van der Waals surface area contributed by atoms with Crippen molar-refractivity contribution in [2.75, 3.05) is 28.4 Å². The summed E-state index contributed by atoms with van der Waals surface area (Å²) in [6.45, 7) is 6.43. The molecule has 1 aliphatic rings. The Morgan fingerprint density at radius 2 is 1.61 bits per heavy atom.